The molecular weight excluding hydrogens is 286 g/mol. The van der Waals surface area contributed by atoms with E-state index in [4.69, 9.17) is 11.6 Å². The first-order chi connectivity index (χ1) is 9.00. The summed E-state index contributed by atoms with van der Waals surface area (Å²) in [7, 11) is -1.96. The Hall–Kier alpha value is -0.850. The molecule has 2 rings (SSSR count). The summed E-state index contributed by atoms with van der Waals surface area (Å²) in [5.41, 5.74) is 0.312. The van der Waals surface area contributed by atoms with E-state index in [1.54, 1.807) is 13.1 Å². The molecule has 1 N–H and O–H groups in total. The van der Waals surface area contributed by atoms with Crippen LogP contribution in [-0.2, 0) is 10.2 Å². The van der Waals surface area contributed by atoms with Crippen molar-refractivity contribution in [2.45, 2.75) is 38.1 Å². The highest BCUT2D eigenvalue weighted by Crippen LogP contribution is 2.26. The van der Waals surface area contributed by atoms with Crippen molar-refractivity contribution in [2.24, 2.45) is 0 Å². The molecular formula is C12H18ClN3O2S. The van der Waals surface area contributed by atoms with Crippen LogP contribution in [0.25, 0.3) is 0 Å². The molecule has 1 aliphatic rings. The quantitative estimate of drug-likeness (QED) is 0.930. The second-order valence-corrected chi connectivity index (χ2v) is 6.91. The van der Waals surface area contributed by atoms with Gasteiger partial charge in [-0.15, -0.1) is 0 Å². The monoisotopic (exact) mass is 303 g/mol. The number of aromatic nitrogens is 1. The summed E-state index contributed by atoms with van der Waals surface area (Å²) < 4.78 is 28.5. The molecule has 1 aromatic rings. The van der Waals surface area contributed by atoms with Crippen LogP contribution in [0.15, 0.2) is 18.5 Å². The number of pyridine rings is 1. The molecule has 0 radical (unpaired) electrons. The molecule has 0 aliphatic heterocycles. The Morgan fingerprint density at radius 3 is 2.68 bits per heavy atom. The van der Waals surface area contributed by atoms with Gasteiger partial charge in [0, 0.05) is 19.3 Å². The van der Waals surface area contributed by atoms with Crippen molar-refractivity contribution >= 4 is 27.5 Å². The first-order valence-electron chi connectivity index (χ1n) is 6.36. The fourth-order valence-corrected chi connectivity index (χ4v) is 3.70. The molecule has 0 saturated heterocycles. The minimum atomic E-state index is -3.58. The maximum Gasteiger partial charge on any atom is 0.301 e. The number of halogens is 1. The average molecular weight is 304 g/mol. The smallest absolute Gasteiger partial charge is 0.268 e. The van der Waals surface area contributed by atoms with Crippen LogP contribution in [0.4, 0.5) is 5.69 Å². The van der Waals surface area contributed by atoms with E-state index in [1.807, 2.05) is 0 Å². The molecule has 0 aromatic carbocycles. The van der Waals surface area contributed by atoms with Crippen LogP contribution < -0.4 is 4.72 Å². The summed E-state index contributed by atoms with van der Waals surface area (Å²) in [6.45, 7) is 0. The highest BCUT2D eigenvalue weighted by Gasteiger charge is 2.27. The van der Waals surface area contributed by atoms with Gasteiger partial charge in [0.15, 0.2) is 0 Å². The van der Waals surface area contributed by atoms with Crippen LogP contribution in [0.2, 0.25) is 5.02 Å². The molecule has 1 aliphatic carbocycles. The van der Waals surface area contributed by atoms with Gasteiger partial charge in [0.2, 0.25) is 0 Å². The normalized spacial score (nSPS) is 17.6. The summed E-state index contributed by atoms with van der Waals surface area (Å²) in [6, 6.07) is 1.63. The van der Waals surface area contributed by atoms with Gasteiger partial charge in [-0.1, -0.05) is 30.9 Å². The lowest BCUT2D eigenvalue weighted by Crippen LogP contribution is -2.41. The van der Waals surface area contributed by atoms with Crippen LogP contribution in [0.5, 0.6) is 0 Å². The number of hydrogen-bond donors (Lipinski definition) is 1. The highest BCUT2D eigenvalue weighted by atomic mass is 35.5. The number of rotatable bonds is 4. The first kappa shape index (κ1) is 14.6. The second-order valence-electron chi connectivity index (χ2n) is 4.77. The molecule has 19 heavy (non-hydrogen) atoms. The second kappa shape index (κ2) is 6.07. The Balaban J connectivity index is 2.11. The molecule has 0 amide bonds. The van der Waals surface area contributed by atoms with Crippen molar-refractivity contribution in [3.05, 3.63) is 23.5 Å². The highest BCUT2D eigenvalue weighted by molar-refractivity contribution is 7.90. The zero-order valence-electron chi connectivity index (χ0n) is 10.8. The van der Waals surface area contributed by atoms with E-state index in [-0.39, 0.29) is 6.04 Å². The Morgan fingerprint density at radius 2 is 2.05 bits per heavy atom. The van der Waals surface area contributed by atoms with Gasteiger partial charge in [0.1, 0.15) is 0 Å². The predicted molar refractivity (Wildman–Crippen MR) is 76.4 cm³/mol. The predicted octanol–water partition coefficient (Wildman–Crippen LogP) is 2.66. The maximum absolute atomic E-state index is 12.3. The van der Waals surface area contributed by atoms with E-state index in [0.717, 1.165) is 25.7 Å². The third-order valence-corrected chi connectivity index (χ3v) is 5.34. The third-order valence-electron chi connectivity index (χ3n) is 3.47. The Labute approximate surface area is 119 Å². The van der Waals surface area contributed by atoms with Crippen molar-refractivity contribution < 1.29 is 8.42 Å². The van der Waals surface area contributed by atoms with Crippen LogP contribution in [-0.4, -0.2) is 30.8 Å². The molecule has 1 fully saturated rings. The standard InChI is InChI=1S/C12H18ClN3O2S/c1-16(10-5-3-2-4-6-10)19(17,18)15-12-9-14-8-7-11(12)13/h7-10,15H,2-6H2,1H3. The SMILES string of the molecule is CN(C1CCCCC1)S(=O)(=O)Nc1cnccc1Cl. The van der Waals surface area contributed by atoms with Gasteiger partial charge < -0.3 is 0 Å². The zero-order valence-corrected chi connectivity index (χ0v) is 12.4. The number of nitrogens with zero attached hydrogens (tertiary/aromatic N) is 2. The summed E-state index contributed by atoms with van der Waals surface area (Å²) in [4.78, 5) is 3.87. The molecule has 1 aromatic heterocycles. The topological polar surface area (TPSA) is 62.3 Å². The van der Waals surface area contributed by atoms with Crippen LogP contribution in [0.1, 0.15) is 32.1 Å². The molecule has 0 unspecified atom stereocenters. The van der Waals surface area contributed by atoms with Gasteiger partial charge >= 0.3 is 10.2 Å². The van der Waals surface area contributed by atoms with E-state index in [0.29, 0.717) is 10.7 Å². The third kappa shape index (κ3) is 3.58. The van der Waals surface area contributed by atoms with E-state index >= 15 is 0 Å². The Morgan fingerprint density at radius 1 is 1.37 bits per heavy atom. The number of hydrogen-bond acceptors (Lipinski definition) is 3. The van der Waals surface area contributed by atoms with Gasteiger partial charge in [-0.05, 0) is 18.9 Å². The van der Waals surface area contributed by atoms with Crippen molar-refractivity contribution in [3.63, 3.8) is 0 Å². The fourth-order valence-electron chi connectivity index (χ4n) is 2.30. The van der Waals surface area contributed by atoms with Gasteiger partial charge in [0.05, 0.1) is 16.9 Å². The molecule has 0 spiro atoms. The van der Waals surface area contributed by atoms with Crippen LogP contribution in [0.3, 0.4) is 0 Å². The maximum atomic E-state index is 12.3. The van der Waals surface area contributed by atoms with Crippen molar-refractivity contribution in [1.82, 2.24) is 9.29 Å². The molecule has 7 heteroatoms. The van der Waals surface area contributed by atoms with Crippen LogP contribution in [0, 0.1) is 0 Å². The molecule has 0 bridgehead atoms. The Kier molecular flexibility index (Phi) is 4.65. The van der Waals surface area contributed by atoms with Crippen molar-refractivity contribution in [1.29, 1.82) is 0 Å². The molecule has 1 saturated carbocycles. The summed E-state index contributed by atoms with van der Waals surface area (Å²) >= 11 is 5.94. The Bertz CT molecular complexity index is 530. The number of nitrogens with one attached hydrogen (secondary N) is 1. The summed E-state index contributed by atoms with van der Waals surface area (Å²) in [5.74, 6) is 0. The van der Waals surface area contributed by atoms with Crippen molar-refractivity contribution in [2.75, 3.05) is 11.8 Å². The zero-order chi connectivity index (χ0) is 13.9. The fraction of sp³-hybridized carbons (Fsp3) is 0.583. The van der Waals surface area contributed by atoms with Crippen molar-refractivity contribution in [3.8, 4) is 0 Å². The lowest BCUT2D eigenvalue weighted by atomic mass is 9.96. The minimum Gasteiger partial charge on any atom is -0.268 e. The van der Waals surface area contributed by atoms with E-state index in [9.17, 15) is 8.42 Å². The van der Waals surface area contributed by atoms with Gasteiger partial charge in [-0.2, -0.15) is 12.7 Å². The minimum absolute atomic E-state index is 0.0710. The van der Waals surface area contributed by atoms with E-state index < -0.39 is 10.2 Å². The van der Waals surface area contributed by atoms with Gasteiger partial charge in [-0.25, -0.2) is 0 Å². The molecule has 106 valence electrons. The first-order valence-corrected chi connectivity index (χ1v) is 8.18. The van der Waals surface area contributed by atoms with E-state index in [1.165, 1.54) is 23.1 Å². The van der Waals surface area contributed by atoms with Gasteiger partial charge in [-0.3, -0.25) is 9.71 Å². The molecule has 5 nitrogen and oxygen atoms in total. The van der Waals surface area contributed by atoms with Crippen LogP contribution >= 0.6 is 11.6 Å². The van der Waals surface area contributed by atoms with E-state index in [2.05, 4.69) is 9.71 Å². The number of anilines is 1. The lowest BCUT2D eigenvalue weighted by molar-refractivity contribution is 0.287. The van der Waals surface area contributed by atoms with Gasteiger partial charge in [0.25, 0.3) is 0 Å². The average Bonchev–Trinajstić information content (AvgIpc) is 2.41. The lowest BCUT2D eigenvalue weighted by Gasteiger charge is -2.30. The summed E-state index contributed by atoms with van der Waals surface area (Å²) in [5, 5.41) is 0.343. The molecule has 1 heterocycles. The largest absolute Gasteiger partial charge is 0.301 e. The molecule has 0 atom stereocenters. The summed E-state index contributed by atoms with van der Waals surface area (Å²) in [6.07, 6.45) is 8.11.